The van der Waals surface area contributed by atoms with E-state index >= 15 is 0 Å². The molecule has 0 saturated carbocycles. The maximum Gasteiger partial charge on any atom is 0.165 e. The Hall–Kier alpha value is -2.98. The first kappa shape index (κ1) is 18.8. The number of hydrogen-bond donors (Lipinski definition) is 1. The van der Waals surface area contributed by atoms with Crippen molar-refractivity contribution >= 4 is 0 Å². The molecule has 0 aromatic heterocycles. The van der Waals surface area contributed by atoms with Gasteiger partial charge < -0.3 is 19.3 Å². The van der Waals surface area contributed by atoms with Crippen LogP contribution in [0.4, 0.5) is 0 Å². The fourth-order valence-corrected chi connectivity index (χ4v) is 2.50. The van der Waals surface area contributed by atoms with Gasteiger partial charge >= 0.3 is 0 Å². The van der Waals surface area contributed by atoms with E-state index in [9.17, 15) is 5.11 Å². The van der Waals surface area contributed by atoms with E-state index in [1.807, 2.05) is 72.8 Å². The Morgan fingerprint density at radius 2 is 1.26 bits per heavy atom. The predicted molar refractivity (Wildman–Crippen MR) is 105 cm³/mol. The molecule has 1 N–H and O–H groups in total. The average molecular weight is 364 g/mol. The lowest BCUT2D eigenvalue weighted by Gasteiger charge is -2.15. The van der Waals surface area contributed by atoms with Crippen molar-refractivity contribution < 1.29 is 19.3 Å². The van der Waals surface area contributed by atoms with Gasteiger partial charge in [-0.25, -0.2) is 0 Å². The van der Waals surface area contributed by atoms with Crippen LogP contribution in [-0.4, -0.2) is 17.8 Å². The smallest absolute Gasteiger partial charge is 0.165 e. The molecule has 3 aromatic carbocycles. The van der Waals surface area contributed by atoms with Gasteiger partial charge in [0.25, 0.3) is 0 Å². The van der Waals surface area contributed by atoms with E-state index in [2.05, 4.69) is 0 Å². The summed E-state index contributed by atoms with van der Waals surface area (Å²) in [6.07, 6.45) is -0.535. The fourth-order valence-electron chi connectivity index (χ4n) is 2.50. The molecule has 0 bridgehead atoms. The van der Waals surface area contributed by atoms with Crippen LogP contribution >= 0.6 is 0 Å². The van der Waals surface area contributed by atoms with Gasteiger partial charge in [0.05, 0.1) is 6.10 Å². The second-order valence-electron chi connectivity index (χ2n) is 6.32. The maximum atomic E-state index is 9.42. The van der Waals surface area contributed by atoms with E-state index in [1.165, 1.54) is 0 Å². The van der Waals surface area contributed by atoms with Crippen molar-refractivity contribution in [3.8, 4) is 17.2 Å². The molecule has 140 valence electrons. The lowest BCUT2D eigenvalue weighted by atomic mass is 10.2. The summed E-state index contributed by atoms with van der Waals surface area (Å²) in [5, 5.41) is 9.42. The second kappa shape index (κ2) is 9.64. The van der Waals surface area contributed by atoms with Gasteiger partial charge in [-0.3, -0.25) is 0 Å². The molecule has 4 heteroatoms. The number of benzene rings is 3. The van der Waals surface area contributed by atoms with Gasteiger partial charge in [-0.05, 0) is 30.2 Å². The van der Waals surface area contributed by atoms with Crippen LogP contribution in [0.15, 0.2) is 78.9 Å². The highest BCUT2D eigenvalue weighted by Crippen LogP contribution is 2.33. The topological polar surface area (TPSA) is 47.9 Å². The molecule has 0 unspecified atom stereocenters. The summed E-state index contributed by atoms with van der Waals surface area (Å²) in [6, 6.07) is 25.4. The molecule has 0 aliphatic carbocycles. The van der Waals surface area contributed by atoms with Gasteiger partial charge in [0, 0.05) is 6.07 Å². The fraction of sp³-hybridized carbons (Fsp3) is 0.217. The van der Waals surface area contributed by atoms with Crippen LogP contribution in [-0.2, 0) is 13.2 Å². The quantitative estimate of drug-likeness (QED) is 0.603. The van der Waals surface area contributed by atoms with Gasteiger partial charge in [0.15, 0.2) is 11.5 Å². The van der Waals surface area contributed by atoms with Crippen molar-refractivity contribution in [2.45, 2.75) is 26.2 Å². The monoisotopic (exact) mass is 364 g/mol. The standard InChI is InChI=1S/C23H24O4/c1-18(24)15-25-21-12-13-22(26-16-19-8-4-2-5-9-19)23(14-21)27-17-20-10-6-3-7-11-20/h2-14,18,24H,15-17H2,1H3/t18-/m1/s1. The van der Waals surface area contributed by atoms with Crippen LogP contribution in [0.25, 0.3) is 0 Å². The highest BCUT2D eigenvalue weighted by atomic mass is 16.5. The summed E-state index contributed by atoms with van der Waals surface area (Å²) in [6.45, 7) is 2.80. The van der Waals surface area contributed by atoms with Gasteiger partial charge in [-0.15, -0.1) is 0 Å². The molecule has 0 spiro atoms. The zero-order valence-electron chi connectivity index (χ0n) is 15.4. The Morgan fingerprint density at radius 3 is 1.81 bits per heavy atom. The normalized spacial score (nSPS) is 11.6. The first-order chi connectivity index (χ1) is 13.2. The third-order valence-electron chi connectivity index (χ3n) is 3.88. The molecule has 0 amide bonds. The summed E-state index contributed by atoms with van der Waals surface area (Å²) < 4.78 is 17.5. The van der Waals surface area contributed by atoms with Crippen molar-refractivity contribution in [1.82, 2.24) is 0 Å². The molecule has 0 fully saturated rings. The highest BCUT2D eigenvalue weighted by molar-refractivity contribution is 5.46. The van der Waals surface area contributed by atoms with E-state index in [0.29, 0.717) is 30.5 Å². The third kappa shape index (κ3) is 6.04. The van der Waals surface area contributed by atoms with Crippen molar-refractivity contribution in [2.24, 2.45) is 0 Å². The Morgan fingerprint density at radius 1 is 0.704 bits per heavy atom. The Kier molecular flexibility index (Phi) is 6.72. The molecule has 0 radical (unpaired) electrons. The SMILES string of the molecule is C[C@@H](O)COc1ccc(OCc2ccccc2)c(OCc2ccccc2)c1. The van der Waals surface area contributed by atoms with Crippen LogP contribution in [0.3, 0.4) is 0 Å². The zero-order valence-corrected chi connectivity index (χ0v) is 15.4. The van der Waals surface area contributed by atoms with Gasteiger partial charge in [-0.1, -0.05) is 60.7 Å². The molecular formula is C23H24O4. The number of aliphatic hydroxyl groups is 1. The molecule has 27 heavy (non-hydrogen) atoms. The lowest BCUT2D eigenvalue weighted by Crippen LogP contribution is -2.12. The molecule has 0 aliphatic rings. The van der Waals surface area contributed by atoms with Crippen LogP contribution in [0.5, 0.6) is 17.2 Å². The highest BCUT2D eigenvalue weighted by Gasteiger charge is 2.09. The molecule has 0 saturated heterocycles. The number of hydrogen-bond acceptors (Lipinski definition) is 4. The van der Waals surface area contributed by atoms with Crippen molar-refractivity contribution in [3.63, 3.8) is 0 Å². The van der Waals surface area contributed by atoms with E-state index in [4.69, 9.17) is 14.2 Å². The van der Waals surface area contributed by atoms with E-state index < -0.39 is 6.10 Å². The lowest BCUT2D eigenvalue weighted by molar-refractivity contribution is 0.122. The first-order valence-electron chi connectivity index (χ1n) is 8.99. The number of aliphatic hydroxyl groups excluding tert-OH is 1. The summed E-state index contributed by atoms with van der Waals surface area (Å²) >= 11 is 0. The van der Waals surface area contributed by atoms with Crippen LogP contribution in [0.2, 0.25) is 0 Å². The second-order valence-corrected chi connectivity index (χ2v) is 6.32. The molecule has 3 aromatic rings. The van der Waals surface area contributed by atoms with Crippen LogP contribution in [0.1, 0.15) is 18.1 Å². The third-order valence-corrected chi connectivity index (χ3v) is 3.88. The number of ether oxygens (including phenoxy) is 3. The van der Waals surface area contributed by atoms with Crippen molar-refractivity contribution in [2.75, 3.05) is 6.61 Å². The summed E-state index contributed by atoms with van der Waals surface area (Å²) in [4.78, 5) is 0. The predicted octanol–water partition coefficient (Wildman–Crippen LogP) is 4.60. The van der Waals surface area contributed by atoms with Crippen molar-refractivity contribution in [1.29, 1.82) is 0 Å². The van der Waals surface area contributed by atoms with Gasteiger partial charge in [-0.2, -0.15) is 0 Å². The largest absolute Gasteiger partial charge is 0.491 e. The van der Waals surface area contributed by atoms with Crippen molar-refractivity contribution in [3.05, 3.63) is 90.0 Å². The Balaban J connectivity index is 1.73. The Bertz CT molecular complexity index is 816. The van der Waals surface area contributed by atoms with E-state index in [-0.39, 0.29) is 6.61 Å². The molecule has 1 atom stereocenters. The minimum absolute atomic E-state index is 0.225. The molecule has 0 heterocycles. The average Bonchev–Trinajstić information content (AvgIpc) is 2.71. The summed E-state index contributed by atoms with van der Waals surface area (Å²) in [5.41, 5.74) is 2.16. The molecule has 0 aliphatic heterocycles. The van der Waals surface area contributed by atoms with Gasteiger partial charge in [0.2, 0.25) is 0 Å². The minimum Gasteiger partial charge on any atom is -0.491 e. The van der Waals surface area contributed by atoms with E-state index in [1.54, 1.807) is 13.0 Å². The minimum atomic E-state index is -0.535. The first-order valence-corrected chi connectivity index (χ1v) is 8.99. The maximum absolute atomic E-state index is 9.42. The zero-order chi connectivity index (χ0) is 18.9. The number of rotatable bonds is 9. The molecule has 3 rings (SSSR count). The summed E-state index contributed by atoms with van der Waals surface area (Å²) in [5.74, 6) is 1.89. The summed E-state index contributed by atoms with van der Waals surface area (Å²) in [7, 11) is 0. The molecule has 4 nitrogen and oxygen atoms in total. The Labute approximate surface area is 160 Å². The molecular weight excluding hydrogens is 340 g/mol. The van der Waals surface area contributed by atoms with Gasteiger partial charge in [0.1, 0.15) is 25.6 Å². The van der Waals surface area contributed by atoms with E-state index in [0.717, 1.165) is 11.1 Å². The van der Waals surface area contributed by atoms with Crippen LogP contribution in [0, 0.1) is 0 Å². The van der Waals surface area contributed by atoms with Crippen LogP contribution < -0.4 is 14.2 Å².